The molecule has 2 aliphatic rings. The van der Waals surface area contributed by atoms with Gasteiger partial charge in [-0.1, -0.05) is 0 Å². The molecule has 156 valence electrons. The van der Waals surface area contributed by atoms with E-state index >= 15 is 0 Å². The van der Waals surface area contributed by atoms with Crippen molar-refractivity contribution in [3.05, 3.63) is 59.2 Å². The normalized spacial score (nSPS) is 16.6. The Kier molecular flexibility index (Phi) is 5.81. The average Bonchev–Trinajstić information content (AvgIpc) is 2.78. The quantitative estimate of drug-likeness (QED) is 0.769. The number of hydrogen-bond donors (Lipinski definition) is 1. The molecule has 1 fully saturated rings. The molecule has 0 aromatic heterocycles. The van der Waals surface area contributed by atoms with Gasteiger partial charge in [-0.15, -0.1) is 0 Å². The SMILES string of the molecule is COc1ccc(C(=O)N2CCN(CC(=O)c3ccc4c(c3)CCC(=O)N4)CC2)cc1. The molecule has 0 unspecified atom stereocenters. The number of benzene rings is 2. The number of anilines is 1. The van der Waals surface area contributed by atoms with Gasteiger partial charge in [-0.05, 0) is 54.4 Å². The Morgan fingerprint density at radius 2 is 1.67 bits per heavy atom. The number of carbonyl (C=O) groups is 3. The van der Waals surface area contributed by atoms with E-state index in [1.54, 1.807) is 37.4 Å². The number of nitrogens with one attached hydrogen (secondary N) is 1. The van der Waals surface area contributed by atoms with Crippen LogP contribution >= 0.6 is 0 Å². The molecule has 2 aromatic carbocycles. The summed E-state index contributed by atoms with van der Waals surface area (Å²) < 4.78 is 5.14. The molecule has 0 saturated carbocycles. The number of carbonyl (C=O) groups excluding carboxylic acids is 3. The number of nitrogens with zero attached hydrogens (tertiary/aromatic N) is 2. The number of hydrogen-bond acceptors (Lipinski definition) is 5. The Morgan fingerprint density at radius 3 is 2.37 bits per heavy atom. The highest BCUT2D eigenvalue weighted by Gasteiger charge is 2.24. The van der Waals surface area contributed by atoms with Gasteiger partial charge in [-0.2, -0.15) is 0 Å². The molecule has 0 aliphatic carbocycles. The van der Waals surface area contributed by atoms with Gasteiger partial charge in [0.1, 0.15) is 5.75 Å². The molecular formula is C23H25N3O4. The zero-order chi connectivity index (χ0) is 21.1. The van der Waals surface area contributed by atoms with Crippen LogP contribution in [0.2, 0.25) is 0 Å². The van der Waals surface area contributed by atoms with Gasteiger partial charge in [0.05, 0.1) is 13.7 Å². The Hall–Kier alpha value is -3.19. The number of amides is 2. The largest absolute Gasteiger partial charge is 0.497 e. The minimum Gasteiger partial charge on any atom is -0.497 e. The van der Waals surface area contributed by atoms with Crippen LogP contribution in [0, 0.1) is 0 Å². The Balaban J connectivity index is 1.31. The topological polar surface area (TPSA) is 79.0 Å². The van der Waals surface area contributed by atoms with Crippen LogP contribution in [-0.2, 0) is 11.2 Å². The second-order valence-electron chi connectivity index (χ2n) is 7.64. The lowest BCUT2D eigenvalue weighted by Crippen LogP contribution is -2.49. The molecule has 0 radical (unpaired) electrons. The third kappa shape index (κ3) is 4.36. The van der Waals surface area contributed by atoms with Crippen LogP contribution in [0.3, 0.4) is 0 Å². The predicted molar refractivity (Wildman–Crippen MR) is 113 cm³/mol. The maximum Gasteiger partial charge on any atom is 0.253 e. The molecule has 4 rings (SSSR count). The van der Waals surface area contributed by atoms with Crippen LogP contribution in [0.1, 0.15) is 32.7 Å². The predicted octanol–water partition coefficient (Wildman–Crippen LogP) is 2.22. The first-order chi connectivity index (χ1) is 14.5. The molecule has 1 N–H and O–H groups in total. The summed E-state index contributed by atoms with van der Waals surface area (Å²) in [5.74, 6) is 0.799. The van der Waals surface area contributed by atoms with Crippen LogP contribution in [0.25, 0.3) is 0 Å². The molecule has 7 nitrogen and oxygen atoms in total. The van der Waals surface area contributed by atoms with Crippen molar-refractivity contribution in [3.63, 3.8) is 0 Å². The van der Waals surface area contributed by atoms with Crippen LogP contribution in [0.4, 0.5) is 5.69 Å². The summed E-state index contributed by atoms with van der Waals surface area (Å²) in [5, 5.41) is 2.84. The Labute approximate surface area is 175 Å². The number of piperazine rings is 1. The zero-order valence-corrected chi connectivity index (χ0v) is 17.0. The molecule has 0 atom stereocenters. The van der Waals surface area contributed by atoms with Crippen molar-refractivity contribution in [1.82, 2.24) is 9.80 Å². The molecule has 30 heavy (non-hydrogen) atoms. The number of ketones is 1. The molecule has 2 amide bonds. The van der Waals surface area contributed by atoms with Crippen LogP contribution in [-0.4, -0.2) is 67.2 Å². The van der Waals surface area contributed by atoms with Gasteiger partial charge in [-0.25, -0.2) is 0 Å². The van der Waals surface area contributed by atoms with E-state index in [1.807, 2.05) is 17.0 Å². The maximum atomic E-state index is 12.7. The number of ether oxygens (including phenoxy) is 1. The third-order valence-corrected chi connectivity index (χ3v) is 5.69. The second-order valence-corrected chi connectivity index (χ2v) is 7.64. The van der Waals surface area contributed by atoms with E-state index in [0.717, 1.165) is 17.0 Å². The third-order valence-electron chi connectivity index (χ3n) is 5.69. The van der Waals surface area contributed by atoms with E-state index in [9.17, 15) is 14.4 Å². The highest BCUT2D eigenvalue weighted by Crippen LogP contribution is 2.24. The summed E-state index contributed by atoms with van der Waals surface area (Å²) in [6, 6.07) is 12.6. The molecule has 1 saturated heterocycles. The van der Waals surface area contributed by atoms with Crippen molar-refractivity contribution >= 4 is 23.3 Å². The monoisotopic (exact) mass is 407 g/mol. The number of fused-ring (bicyclic) bond motifs is 1. The van der Waals surface area contributed by atoms with E-state index in [0.29, 0.717) is 56.7 Å². The fourth-order valence-electron chi connectivity index (χ4n) is 3.88. The highest BCUT2D eigenvalue weighted by molar-refractivity contribution is 6.00. The first kappa shape index (κ1) is 20.1. The summed E-state index contributed by atoms with van der Waals surface area (Å²) in [6.07, 6.45) is 1.11. The van der Waals surface area contributed by atoms with Gasteiger partial charge in [0.2, 0.25) is 5.91 Å². The number of rotatable bonds is 5. The van der Waals surface area contributed by atoms with E-state index < -0.39 is 0 Å². The molecule has 2 aliphatic heterocycles. The van der Waals surface area contributed by atoms with Crippen LogP contribution in [0.5, 0.6) is 5.75 Å². The van der Waals surface area contributed by atoms with Crippen molar-refractivity contribution in [3.8, 4) is 5.75 Å². The fourth-order valence-corrected chi connectivity index (χ4v) is 3.88. The van der Waals surface area contributed by atoms with Crippen molar-refractivity contribution in [2.75, 3.05) is 45.2 Å². The van der Waals surface area contributed by atoms with Gasteiger partial charge >= 0.3 is 0 Å². The van der Waals surface area contributed by atoms with E-state index in [-0.39, 0.29) is 17.6 Å². The van der Waals surface area contributed by atoms with Crippen molar-refractivity contribution in [2.24, 2.45) is 0 Å². The smallest absolute Gasteiger partial charge is 0.253 e. The summed E-state index contributed by atoms with van der Waals surface area (Å²) >= 11 is 0. The average molecular weight is 407 g/mol. The van der Waals surface area contributed by atoms with E-state index in [4.69, 9.17) is 4.74 Å². The fraction of sp³-hybridized carbons (Fsp3) is 0.348. The van der Waals surface area contributed by atoms with Gasteiger partial charge in [0.15, 0.2) is 5.78 Å². The Morgan fingerprint density at radius 1 is 0.967 bits per heavy atom. The molecule has 2 aromatic rings. The highest BCUT2D eigenvalue weighted by atomic mass is 16.5. The zero-order valence-electron chi connectivity index (χ0n) is 17.0. The van der Waals surface area contributed by atoms with Crippen LogP contribution in [0.15, 0.2) is 42.5 Å². The lowest BCUT2D eigenvalue weighted by atomic mass is 9.98. The Bertz CT molecular complexity index is 963. The number of methoxy groups -OCH3 is 1. The summed E-state index contributed by atoms with van der Waals surface area (Å²) in [4.78, 5) is 40.8. The molecule has 0 spiro atoms. The van der Waals surface area contributed by atoms with Gasteiger partial charge in [-0.3, -0.25) is 19.3 Å². The van der Waals surface area contributed by atoms with Crippen molar-refractivity contribution < 1.29 is 19.1 Å². The summed E-state index contributed by atoms with van der Waals surface area (Å²) in [7, 11) is 1.60. The van der Waals surface area contributed by atoms with Crippen molar-refractivity contribution in [1.29, 1.82) is 0 Å². The van der Waals surface area contributed by atoms with Gasteiger partial charge in [0.25, 0.3) is 5.91 Å². The molecule has 7 heteroatoms. The number of Topliss-reactive ketones (excluding diaryl/α,β-unsaturated/α-hetero) is 1. The minimum atomic E-state index is 0.000337. The molecule has 0 bridgehead atoms. The minimum absolute atomic E-state index is 0.000337. The number of aryl methyl sites for hydroxylation is 1. The van der Waals surface area contributed by atoms with E-state index in [1.165, 1.54) is 0 Å². The van der Waals surface area contributed by atoms with Gasteiger partial charge < -0.3 is 15.0 Å². The standard InChI is InChI=1S/C23H25N3O4/c1-30-19-6-2-16(3-7-19)23(29)26-12-10-25(11-13-26)15-21(27)18-4-8-20-17(14-18)5-9-22(28)24-20/h2-4,6-8,14H,5,9-13,15H2,1H3,(H,24,28). The summed E-state index contributed by atoms with van der Waals surface area (Å²) in [6.45, 7) is 2.84. The first-order valence-electron chi connectivity index (χ1n) is 10.1. The summed E-state index contributed by atoms with van der Waals surface area (Å²) in [5.41, 5.74) is 3.12. The lowest BCUT2D eigenvalue weighted by Gasteiger charge is -2.34. The first-order valence-corrected chi connectivity index (χ1v) is 10.1. The second kappa shape index (κ2) is 8.67. The molecule has 2 heterocycles. The maximum absolute atomic E-state index is 12.7. The van der Waals surface area contributed by atoms with E-state index in [2.05, 4.69) is 10.2 Å². The van der Waals surface area contributed by atoms with Crippen molar-refractivity contribution in [2.45, 2.75) is 12.8 Å². The molecular weight excluding hydrogens is 382 g/mol. The van der Waals surface area contributed by atoms with Gasteiger partial charge in [0, 0.05) is 49.4 Å². The lowest BCUT2D eigenvalue weighted by molar-refractivity contribution is -0.116. The van der Waals surface area contributed by atoms with Crippen LogP contribution < -0.4 is 10.1 Å².